The minimum atomic E-state index is -1.02. The summed E-state index contributed by atoms with van der Waals surface area (Å²) in [6.45, 7) is 7.93. The molecular weight excluding hydrogens is 294 g/mol. The molecular formula is C10H16BrNOS2. The molecule has 0 amide bonds. The van der Waals surface area contributed by atoms with Gasteiger partial charge in [-0.15, -0.1) is 11.3 Å². The average molecular weight is 310 g/mol. The van der Waals surface area contributed by atoms with Gasteiger partial charge in [-0.2, -0.15) is 0 Å². The summed E-state index contributed by atoms with van der Waals surface area (Å²) in [7, 11) is -1.02. The molecule has 1 aromatic heterocycles. The second-order valence-electron chi connectivity index (χ2n) is 4.36. The minimum absolute atomic E-state index is 0.126. The van der Waals surface area contributed by atoms with Gasteiger partial charge in [0.1, 0.15) is 0 Å². The van der Waals surface area contributed by atoms with Crippen LogP contribution in [0.25, 0.3) is 0 Å². The molecule has 1 N–H and O–H groups in total. The summed E-state index contributed by atoms with van der Waals surface area (Å²) in [6.07, 6.45) is 0. The highest BCUT2D eigenvalue weighted by Gasteiger charge is 2.22. The van der Waals surface area contributed by atoms with Crippen molar-refractivity contribution in [2.24, 2.45) is 0 Å². The van der Waals surface area contributed by atoms with Gasteiger partial charge in [0, 0.05) is 4.88 Å². The quantitative estimate of drug-likeness (QED) is 0.907. The summed E-state index contributed by atoms with van der Waals surface area (Å²) in [5.74, 6) is 0. The zero-order chi connectivity index (χ0) is 11.6. The van der Waals surface area contributed by atoms with Gasteiger partial charge in [-0.05, 0) is 55.8 Å². The number of hydrogen-bond donors (Lipinski definition) is 1. The second kappa shape index (κ2) is 5.08. The van der Waals surface area contributed by atoms with E-state index in [1.165, 1.54) is 4.88 Å². The third kappa shape index (κ3) is 3.98. The van der Waals surface area contributed by atoms with Crippen LogP contribution < -0.4 is 4.72 Å². The van der Waals surface area contributed by atoms with Gasteiger partial charge in [-0.1, -0.05) is 0 Å². The first-order valence-corrected chi connectivity index (χ1v) is 7.50. The van der Waals surface area contributed by atoms with Crippen LogP contribution in [0.15, 0.2) is 15.9 Å². The summed E-state index contributed by atoms with van der Waals surface area (Å²) < 4.78 is 15.8. The molecule has 0 bridgehead atoms. The Morgan fingerprint density at radius 1 is 1.47 bits per heavy atom. The van der Waals surface area contributed by atoms with Gasteiger partial charge in [0.15, 0.2) is 0 Å². The monoisotopic (exact) mass is 309 g/mol. The Morgan fingerprint density at radius 2 is 2.07 bits per heavy atom. The SMILES string of the molecule is C[C@@H](N[S@@](=O)C(C)(C)C)c1ccc(Br)s1. The maximum absolute atomic E-state index is 11.8. The third-order valence-electron chi connectivity index (χ3n) is 1.86. The van der Waals surface area contributed by atoms with E-state index in [4.69, 9.17) is 0 Å². The zero-order valence-corrected chi connectivity index (χ0v) is 12.6. The van der Waals surface area contributed by atoms with Crippen LogP contribution >= 0.6 is 27.3 Å². The number of rotatable bonds is 3. The maximum Gasteiger partial charge on any atom is 0.0976 e. The van der Waals surface area contributed by atoms with Crippen molar-refractivity contribution >= 4 is 38.3 Å². The standard InChI is InChI=1S/C10H16BrNOS2/c1-7(8-5-6-9(11)14-8)12-15(13)10(2,3)4/h5-7,12H,1-4H3/t7-,15+/m1/s1. The molecule has 0 saturated carbocycles. The van der Waals surface area contributed by atoms with Crippen molar-refractivity contribution in [1.29, 1.82) is 0 Å². The lowest BCUT2D eigenvalue weighted by Crippen LogP contribution is -2.34. The summed E-state index contributed by atoms with van der Waals surface area (Å²) in [5.41, 5.74) is 0. The number of thiophene rings is 1. The van der Waals surface area contributed by atoms with Crippen LogP contribution in [-0.4, -0.2) is 8.96 Å². The number of hydrogen-bond acceptors (Lipinski definition) is 2. The molecule has 2 atom stereocenters. The third-order valence-corrected chi connectivity index (χ3v) is 5.35. The molecule has 1 aromatic rings. The smallest absolute Gasteiger partial charge is 0.0976 e. The summed E-state index contributed by atoms with van der Waals surface area (Å²) in [4.78, 5) is 1.19. The fraction of sp³-hybridized carbons (Fsp3) is 0.600. The van der Waals surface area contributed by atoms with Gasteiger partial charge in [0.25, 0.3) is 0 Å². The van der Waals surface area contributed by atoms with Gasteiger partial charge in [-0.25, -0.2) is 8.93 Å². The molecule has 15 heavy (non-hydrogen) atoms. The van der Waals surface area contributed by atoms with E-state index in [1.807, 2.05) is 39.8 Å². The molecule has 0 fully saturated rings. The molecule has 0 aliphatic carbocycles. The normalized spacial score (nSPS) is 16.3. The molecule has 0 unspecified atom stereocenters. The Hall–Kier alpha value is 0.290. The lowest BCUT2D eigenvalue weighted by atomic mass is 10.3. The van der Waals surface area contributed by atoms with E-state index < -0.39 is 11.0 Å². The minimum Gasteiger partial charge on any atom is -0.242 e. The Morgan fingerprint density at radius 3 is 2.47 bits per heavy atom. The number of halogens is 1. The van der Waals surface area contributed by atoms with Gasteiger partial charge in [0.05, 0.1) is 25.6 Å². The molecule has 1 heterocycles. The van der Waals surface area contributed by atoms with Crippen LogP contribution in [0.3, 0.4) is 0 Å². The van der Waals surface area contributed by atoms with Gasteiger partial charge in [-0.3, -0.25) is 0 Å². The molecule has 0 aromatic carbocycles. The van der Waals surface area contributed by atoms with Gasteiger partial charge < -0.3 is 0 Å². The Kier molecular flexibility index (Phi) is 4.52. The van der Waals surface area contributed by atoms with E-state index in [0.717, 1.165) is 3.79 Å². The zero-order valence-electron chi connectivity index (χ0n) is 9.33. The molecule has 0 aliphatic heterocycles. The lowest BCUT2D eigenvalue weighted by molar-refractivity contribution is 0.618. The Bertz CT molecular complexity index is 357. The van der Waals surface area contributed by atoms with Gasteiger partial charge in [0.2, 0.25) is 0 Å². The van der Waals surface area contributed by atoms with Crippen molar-refractivity contribution in [2.45, 2.75) is 38.5 Å². The second-order valence-corrected chi connectivity index (χ2v) is 8.86. The van der Waals surface area contributed by atoms with Crippen molar-refractivity contribution < 1.29 is 4.21 Å². The summed E-state index contributed by atoms with van der Waals surface area (Å²) in [6, 6.07) is 4.19. The highest BCUT2D eigenvalue weighted by Crippen LogP contribution is 2.27. The van der Waals surface area contributed by atoms with E-state index in [1.54, 1.807) is 11.3 Å². The van der Waals surface area contributed by atoms with Crippen LogP contribution in [0.1, 0.15) is 38.6 Å². The fourth-order valence-electron chi connectivity index (χ4n) is 0.956. The predicted octanol–water partition coefficient (Wildman–Crippen LogP) is 3.62. The Labute approximate surface area is 106 Å². The Balaban J connectivity index is 2.64. The molecule has 0 saturated heterocycles. The van der Waals surface area contributed by atoms with E-state index in [-0.39, 0.29) is 10.8 Å². The van der Waals surface area contributed by atoms with Crippen LogP contribution in [0.4, 0.5) is 0 Å². The molecule has 0 radical (unpaired) electrons. The predicted molar refractivity (Wildman–Crippen MR) is 71.5 cm³/mol. The highest BCUT2D eigenvalue weighted by molar-refractivity contribution is 9.11. The maximum atomic E-state index is 11.8. The molecule has 86 valence electrons. The van der Waals surface area contributed by atoms with E-state index in [2.05, 4.69) is 20.7 Å². The lowest BCUT2D eigenvalue weighted by Gasteiger charge is -2.21. The van der Waals surface area contributed by atoms with Crippen molar-refractivity contribution in [3.05, 3.63) is 20.8 Å². The molecule has 1 rings (SSSR count). The molecule has 5 heteroatoms. The fourth-order valence-corrected chi connectivity index (χ4v) is 3.26. The topological polar surface area (TPSA) is 29.1 Å². The first-order chi connectivity index (χ1) is 6.80. The van der Waals surface area contributed by atoms with Crippen molar-refractivity contribution in [2.75, 3.05) is 0 Å². The summed E-state index contributed by atoms with van der Waals surface area (Å²) >= 11 is 5.09. The first kappa shape index (κ1) is 13.4. The summed E-state index contributed by atoms with van der Waals surface area (Å²) in [5, 5.41) is 0. The van der Waals surface area contributed by atoms with E-state index in [0.29, 0.717) is 0 Å². The average Bonchev–Trinajstić information content (AvgIpc) is 2.50. The largest absolute Gasteiger partial charge is 0.242 e. The van der Waals surface area contributed by atoms with Crippen molar-refractivity contribution in [3.63, 3.8) is 0 Å². The van der Waals surface area contributed by atoms with Crippen molar-refractivity contribution in [1.82, 2.24) is 4.72 Å². The van der Waals surface area contributed by atoms with Crippen molar-refractivity contribution in [3.8, 4) is 0 Å². The molecule has 2 nitrogen and oxygen atoms in total. The highest BCUT2D eigenvalue weighted by atomic mass is 79.9. The van der Waals surface area contributed by atoms with Crippen LogP contribution in [-0.2, 0) is 11.0 Å². The molecule has 0 spiro atoms. The van der Waals surface area contributed by atoms with Crippen LogP contribution in [0.2, 0.25) is 0 Å². The van der Waals surface area contributed by atoms with Crippen LogP contribution in [0.5, 0.6) is 0 Å². The van der Waals surface area contributed by atoms with Crippen LogP contribution in [0, 0.1) is 0 Å². The van der Waals surface area contributed by atoms with Gasteiger partial charge >= 0.3 is 0 Å². The van der Waals surface area contributed by atoms with E-state index in [9.17, 15) is 4.21 Å². The molecule has 0 aliphatic rings. The van der Waals surface area contributed by atoms with E-state index >= 15 is 0 Å². The first-order valence-electron chi connectivity index (χ1n) is 4.74. The number of nitrogens with one attached hydrogen (secondary N) is 1.